The van der Waals surface area contributed by atoms with Crippen molar-refractivity contribution in [2.75, 3.05) is 33.2 Å². The highest BCUT2D eigenvalue weighted by atomic mass is 16.1. The average molecular weight is 317 g/mol. The molecule has 0 atom stereocenters. The van der Waals surface area contributed by atoms with Gasteiger partial charge in [-0.25, -0.2) is 0 Å². The summed E-state index contributed by atoms with van der Waals surface area (Å²) in [6, 6.07) is 7.71. The molecule has 4 nitrogen and oxygen atoms in total. The molecule has 0 aliphatic carbocycles. The summed E-state index contributed by atoms with van der Waals surface area (Å²) >= 11 is 0. The van der Waals surface area contributed by atoms with E-state index in [9.17, 15) is 4.79 Å². The molecule has 4 heteroatoms. The summed E-state index contributed by atoms with van der Waals surface area (Å²) in [5.41, 5.74) is 7.14. The highest BCUT2D eigenvalue weighted by Crippen LogP contribution is 2.20. The second kappa shape index (κ2) is 9.04. The SMILES string of the molecule is CCCCN(C)CC1CCN(Cc2cccc(C(N)=O)c2)CC1. The van der Waals surface area contributed by atoms with Crippen LogP contribution in [0.15, 0.2) is 24.3 Å². The van der Waals surface area contributed by atoms with Gasteiger partial charge < -0.3 is 10.6 Å². The van der Waals surface area contributed by atoms with E-state index in [-0.39, 0.29) is 5.91 Å². The summed E-state index contributed by atoms with van der Waals surface area (Å²) in [6.07, 6.45) is 5.11. The summed E-state index contributed by atoms with van der Waals surface area (Å²) < 4.78 is 0. The van der Waals surface area contributed by atoms with E-state index < -0.39 is 0 Å². The lowest BCUT2D eigenvalue weighted by Gasteiger charge is -2.34. The van der Waals surface area contributed by atoms with Gasteiger partial charge in [0.1, 0.15) is 0 Å². The molecular formula is C19H31N3O. The Kier molecular flexibility index (Phi) is 7.06. The largest absolute Gasteiger partial charge is 0.366 e. The number of carbonyl (C=O) groups excluding carboxylic acids is 1. The van der Waals surface area contributed by atoms with Crippen molar-refractivity contribution in [2.24, 2.45) is 11.7 Å². The topological polar surface area (TPSA) is 49.6 Å². The van der Waals surface area contributed by atoms with E-state index in [1.807, 2.05) is 12.1 Å². The quantitative estimate of drug-likeness (QED) is 0.802. The van der Waals surface area contributed by atoms with Crippen LogP contribution in [0.5, 0.6) is 0 Å². The van der Waals surface area contributed by atoms with Gasteiger partial charge in [0, 0.05) is 18.7 Å². The summed E-state index contributed by atoms with van der Waals surface area (Å²) in [5.74, 6) is 0.478. The first-order chi connectivity index (χ1) is 11.1. The monoisotopic (exact) mass is 317 g/mol. The molecule has 1 aliphatic heterocycles. The molecule has 0 radical (unpaired) electrons. The molecule has 1 aromatic carbocycles. The molecule has 0 unspecified atom stereocenters. The number of hydrogen-bond donors (Lipinski definition) is 1. The third-order valence-electron chi connectivity index (χ3n) is 4.79. The predicted octanol–water partition coefficient (Wildman–Crippen LogP) is 2.73. The first kappa shape index (κ1) is 18.0. The number of benzene rings is 1. The van der Waals surface area contributed by atoms with Crippen LogP contribution in [0.4, 0.5) is 0 Å². The molecule has 23 heavy (non-hydrogen) atoms. The van der Waals surface area contributed by atoms with Gasteiger partial charge in [0.2, 0.25) is 5.91 Å². The molecule has 1 aromatic rings. The van der Waals surface area contributed by atoms with Gasteiger partial charge in [0.25, 0.3) is 0 Å². The number of piperidine rings is 1. The second-order valence-corrected chi connectivity index (χ2v) is 6.90. The van der Waals surface area contributed by atoms with Crippen molar-refractivity contribution >= 4 is 5.91 Å². The van der Waals surface area contributed by atoms with Crippen LogP contribution in [-0.2, 0) is 6.54 Å². The second-order valence-electron chi connectivity index (χ2n) is 6.90. The van der Waals surface area contributed by atoms with Gasteiger partial charge in [-0.05, 0) is 69.6 Å². The molecule has 2 N–H and O–H groups in total. The lowest BCUT2D eigenvalue weighted by molar-refractivity contribution is 0.1000. The molecule has 2 rings (SSSR count). The van der Waals surface area contributed by atoms with E-state index in [4.69, 9.17) is 5.73 Å². The van der Waals surface area contributed by atoms with E-state index in [1.165, 1.54) is 44.3 Å². The van der Waals surface area contributed by atoms with Gasteiger partial charge >= 0.3 is 0 Å². The molecule has 1 amide bonds. The molecule has 128 valence electrons. The number of likely N-dealkylation sites (tertiary alicyclic amines) is 1. The minimum Gasteiger partial charge on any atom is -0.366 e. The Bertz CT molecular complexity index is 495. The molecule has 0 bridgehead atoms. The number of carbonyl (C=O) groups is 1. The van der Waals surface area contributed by atoms with E-state index >= 15 is 0 Å². The molecule has 1 saturated heterocycles. The molecule has 0 aromatic heterocycles. The fourth-order valence-corrected chi connectivity index (χ4v) is 3.37. The molecular weight excluding hydrogens is 286 g/mol. The van der Waals surface area contributed by atoms with Crippen LogP contribution in [0.3, 0.4) is 0 Å². The summed E-state index contributed by atoms with van der Waals surface area (Å²) in [4.78, 5) is 16.2. The van der Waals surface area contributed by atoms with E-state index in [0.29, 0.717) is 5.56 Å². The zero-order chi connectivity index (χ0) is 16.7. The third kappa shape index (κ3) is 5.96. The van der Waals surface area contributed by atoms with Gasteiger partial charge in [0.05, 0.1) is 0 Å². The number of rotatable bonds is 8. The molecule has 0 saturated carbocycles. The van der Waals surface area contributed by atoms with Crippen LogP contribution >= 0.6 is 0 Å². The van der Waals surface area contributed by atoms with Crippen LogP contribution in [0.25, 0.3) is 0 Å². The minimum atomic E-state index is -0.347. The Balaban J connectivity index is 1.76. The highest BCUT2D eigenvalue weighted by molar-refractivity contribution is 5.92. The Morgan fingerprint density at radius 1 is 1.35 bits per heavy atom. The number of unbranched alkanes of at least 4 members (excludes halogenated alkanes) is 1. The fraction of sp³-hybridized carbons (Fsp3) is 0.632. The predicted molar refractivity (Wildman–Crippen MR) is 95.4 cm³/mol. The first-order valence-corrected chi connectivity index (χ1v) is 8.88. The van der Waals surface area contributed by atoms with Gasteiger partial charge in [0.15, 0.2) is 0 Å². The molecule has 1 heterocycles. The van der Waals surface area contributed by atoms with Crippen LogP contribution in [-0.4, -0.2) is 48.9 Å². The first-order valence-electron chi connectivity index (χ1n) is 8.88. The fourth-order valence-electron chi connectivity index (χ4n) is 3.37. The molecule has 1 aliphatic rings. The van der Waals surface area contributed by atoms with Crippen molar-refractivity contribution in [1.29, 1.82) is 0 Å². The van der Waals surface area contributed by atoms with Gasteiger partial charge in [-0.2, -0.15) is 0 Å². The summed E-state index contributed by atoms with van der Waals surface area (Å²) in [7, 11) is 2.25. The molecule has 0 spiro atoms. The maximum Gasteiger partial charge on any atom is 0.248 e. The van der Waals surface area contributed by atoms with Crippen molar-refractivity contribution in [1.82, 2.24) is 9.80 Å². The van der Waals surface area contributed by atoms with Gasteiger partial charge in [-0.3, -0.25) is 9.69 Å². The number of nitrogens with zero attached hydrogens (tertiary/aromatic N) is 2. The Hall–Kier alpha value is -1.39. The Morgan fingerprint density at radius 2 is 2.09 bits per heavy atom. The Morgan fingerprint density at radius 3 is 2.74 bits per heavy atom. The number of hydrogen-bond acceptors (Lipinski definition) is 3. The zero-order valence-corrected chi connectivity index (χ0v) is 14.6. The van der Waals surface area contributed by atoms with Crippen molar-refractivity contribution < 1.29 is 4.79 Å². The van der Waals surface area contributed by atoms with Gasteiger partial charge in [-0.1, -0.05) is 25.5 Å². The maximum absolute atomic E-state index is 11.3. The Labute approximate surface area is 140 Å². The molecule has 1 fully saturated rings. The lowest BCUT2D eigenvalue weighted by atomic mass is 9.95. The maximum atomic E-state index is 11.3. The number of primary amides is 1. The normalized spacial score (nSPS) is 16.8. The number of nitrogens with two attached hydrogens (primary N) is 1. The highest BCUT2D eigenvalue weighted by Gasteiger charge is 2.20. The van der Waals surface area contributed by atoms with Crippen LogP contribution in [0.2, 0.25) is 0 Å². The lowest BCUT2D eigenvalue weighted by Crippen LogP contribution is -2.37. The summed E-state index contributed by atoms with van der Waals surface area (Å²) in [6.45, 7) is 7.90. The zero-order valence-electron chi connectivity index (χ0n) is 14.6. The van der Waals surface area contributed by atoms with Crippen molar-refractivity contribution in [2.45, 2.75) is 39.2 Å². The third-order valence-corrected chi connectivity index (χ3v) is 4.79. The standard InChI is InChI=1S/C19H31N3O/c1-3-4-10-21(2)14-16-8-11-22(12-9-16)15-17-6-5-7-18(13-17)19(20)23/h5-7,13,16H,3-4,8-12,14-15H2,1-2H3,(H2,20,23). The number of amides is 1. The van der Waals surface area contributed by atoms with E-state index in [0.717, 1.165) is 25.6 Å². The van der Waals surface area contributed by atoms with Crippen LogP contribution in [0.1, 0.15) is 48.5 Å². The van der Waals surface area contributed by atoms with Crippen molar-refractivity contribution in [3.8, 4) is 0 Å². The average Bonchev–Trinajstić information content (AvgIpc) is 2.55. The smallest absolute Gasteiger partial charge is 0.248 e. The van der Waals surface area contributed by atoms with Crippen LogP contribution in [0, 0.1) is 5.92 Å². The van der Waals surface area contributed by atoms with Crippen molar-refractivity contribution in [3.05, 3.63) is 35.4 Å². The minimum absolute atomic E-state index is 0.347. The van der Waals surface area contributed by atoms with E-state index in [2.05, 4.69) is 29.8 Å². The van der Waals surface area contributed by atoms with Crippen molar-refractivity contribution in [3.63, 3.8) is 0 Å². The van der Waals surface area contributed by atoms with Crippen LogP contribution < -0.4 is 5.73 Å². The summed E-state index contributed by atoms with van der Waals surface area (Å²) in [5, 5.41) is 0. The van der Waals surface area contributed by atoms with Gasteiger partial charge in [-0.15, -0.1) is 0 Å². The van der Waals surface area contributed by atoms with E-state index in [1.54, 1.807) is 6.07 Å².